The summed E-state index contributed by atoms with van der Waals surface area (Å²) in [5.41, 5.74) is 7.13. The first kappa shape index (κ1) is 12.7. The van der Waals surface area contributed by atoms with Crippen LogP contribution in [0.5, 0.6) is 11.5 Å². The molecule has 0 amide bonds. The number of hydrogen-bond acceptors (Lipinski definition) is 3. The van der Waals surface area contributed by atoms with Gasteiger partial charge in [0.2, 0.25) is 0 Å². The SMILES string of the molecule is Nc1ccc(Oc2ccc(Cl)c(F)c2)c2ncccc12. The summed E-state index contributed by atoms with van der Waals surface area (Å²) < 4.78 is 19.1. The lowest BCUT2D eigenvalue weighted by molar-refractivity contribution is 0.481. The molecule has 0 atom stereocenters. The highest BCUT2D eigenvalue weighted by Gasteiger charge is 2.08. The number of hydrogen-bond donors (Lipinski definition) is 1. The van der Waals surface area contributed by atoms with Crippen molar-refractivity contribution in [2.75, 3.05) is 5.73 Å². The van der Waals surface area contributed by atoms with Crippen molar-refractivity contribution in [3.63, 3.8) is 0 Å². The molecule has 0 spiro atoms. The molecule has 3 nitrogen and oxygen atoms in total. The van der Waals surface area contributed by atoms with E-state index in [9.17, 15) is 4.39 Å². The second-order valence-electron chi connectivity index (χ2n) is 4.23. The zero-order valence-corrected chi connectivity index (χ0v) is 11.1. The Kier molecular flexibility index (Phi) is 3.16. The summed E-state index contributed by atoms with van der Waals surface area (Å²) in [6.45, 7) is 0. The minimum absolute atomic E-state index is 0.0534. The number of pyridine rings is 1. The molecule has 3 rings (SSSR count). The van der Waals surface area contributed by atoms with Gasteiger partial charge in [0.05, 0.1) is 5.02 Å². The summed E-state index contributed by atoms with van der Waals surface area (Å²) in [5, 5.41) is 0.845. The first-order valence-corrected chi connectivity index (χ1v) is 6.29. The minimum atomic E-state index is -0.531. The van der Waals surface area contributed by atoms with Gasteiger partial charge in [0.1, 0.15) is 17.1 Å². The van der Waals surface area contributed by atoms with Gasteiger partial charge >= 0.3 is 0 Å². The number of nitrogens with two attached hydrogens (primary N) is 1. The number of aromatic nitrogens is 1. The maximum Gasteiger partial charge on any atom is 0.153 e. The second-order valence-corrected chi connectivity index (χ2v) is 4.64. The van der Waals surface area contributed by atoms with Gasteiger partial charge < -0.3 is 10.5 Å². The number of halogens is 2. The highest BCUT2D eigenvalue weighted by Crippen LogP contribution is 2.32. The highest BCUT2D eigenvalue weighted by molar-refractivity contribution is 6.30. The molecule has 0 bridgehead atoms. The van der Waals surface area contributed by atoms with E-state index in [0.29, 0.717) is 22.7 Å². The smallest absolute Gasteiger partial charge is 0.153 e. The lowest BCUT2D eigenvalue weighted by Gasteiger charge is -2.10. The van der Waals surface area contributed by atoms with E-state index in [-0.39, 0.29) is 5.02 Å². The van der Waals surface area contributed by atoms with Crippen LogP contribution in [-0.4, -0.2) is 4.98 Å². The fourth-order valence-electron chi connectivity index (χ4n) is 1.92. The van der Waals surface area contributed by atoms with Gasteiger partial charge in [0.25, 0.3) is 0 Å². The Balaban J connectivity index is 2.06. The van der Waals surface area contributed by atoms with Gasteiger partial charge in [-0.2, -0.15) is 0 Å². The minimum Gasteiger partial charge on any atom is -0.455 e. The molecule has 0 saturated carbocycles. The fourth-order valence-corrected chi connectivity index (χ4v) is 2.04. The van der Waals surface area contributed by atoms with Crippen molar-refractivity contribution < 1.29 is 9.13 Å². The molecule has 0 aliphatic rings. The molecule has 1 heterocycles. The maximum absolute atomic E-state index is 13.4. The zero-order chi connectivity index (χ0) is 14.1. The summed E-state index contributed by atoms with van der Waals surface area (Å²) >= 11 is 5.64. The summed E-state index contributed by atoms with van der Waals surface area (Å²) in [5.74, 6) is 0.331. The quantitative estimate of drug-likeness (QED) is 0.711. The van der Waals surface area contributed by atoms with E-state index >= 15 is 0 Å². The van der Waals surface area contributed by atoms with E-state index in [1.165, 1.54) is 12.1 Å². The highest BCUT2D eigenvalue weighted by atomic mass is 35.5. The number of ether oxygens (including phenoxy) is 1. The normalized spacial score (nSPS) is 10.7. The third-order valence-corrected chi connectivity index (χ3v) is 3.19. The molecule has 5 heteroatoms. The Morgan fingerprint density at radius 2 is 2.00 bits per heavy atom. The lowest BCUT2D eigenvalue weighted by atomic mass is 10.1. The van der Waals surface area contributed by atoms with Crippen LogP contribution < -0.4 is 10.5 Å². The molecular formula is C15H10ClFN2O. The second kappa shape index (κ2) is 4.98. The van der Waals surface area contributed by atoms with E-state index in [2.05, 4.69) is 4.98 Å². The van der Waals surface area contributed by atoms with Gasteiger partial charge in [-0.25, -0.2) is 4.39 Å². The Morgan fingerprint density at radius 1 is 1.15 bits per heavy atom. The molecule has 0 radical (unpaired) electrons. The van der Waals surface area contributed by atoms with Crippen LogP contribution in [0.2, 0.25) is 5.02 Å². The number of nitrogen functional groups attached to an aromatic ring is 1. The van der Waals surface area contributed by atoms with E-state index in [1.54, 1.807) is 30.5 Å². The Morgan fingerprint density at radius 3 is 2.80 bits per heavy atom. The van der Waals surface area contributed by atoms with E-state index < -0.39 is 5.82 Å². The number of nitrogens with zero attached hydrogens (tertiary/aromatic N) is 1. The van der Waals surface area contributed by atoms with Crippen LogP contribution >= 0.6 is 11.6 Å². The van der Waals surface area contributed by atoms with Crippen molar-refractivity contribution in [2.45, 2.75) is 0 Å². The molecule has 100 valence electrons. The molecule has 20 heavy (non-hydrogen) atoms. The molecule has 0 unspecified atom stereocenters. The summed E-state index contributed by atoms with van der Waals surface area (Å²) in [6, 6.07) is 11.4. The summed E-state index contributed by atoms with van der Waals surface area (Å²) in [6.07, 6.45) is 1.65. The number of fused-ring (bicyclic) bond motifs is 1. The summed E-state index contributed by atoms with van der Waals surface area (Å²) in [7, 11) is 0. The van der Waals surface area contributed by atoms with Crippen LogP contribution in [0.4, 0.5) is 10.1 Å². The molecular weight excluding hydrogens is 279 g/mol. The predicted octanol–water partition coefficient (Wildman–Crippen LogP) is 4.40. The monoisotopic (exact) mass is 288 g/mol. The van der Waals surface area contributed by atoms with E-state index in [4.69, 9.17) is 22.1 Å². The Hall–Kier alpha value is -2.33. The molecule has 2 N–H and O–H groups in total. The summed E-state index contributed by atoms with van der Waals surface area (Å²) in [4.78, 5) is 4.25. The van der Waals surface area contributed by atoms with Gasteiger partial charge in [-0.3, -0.25) is 4.98 Å². The number of anilines is 1. The molecule has 2 aromatic carbocycles. The van der Waals surface area contributed by atoms with Crippen LogP contribution in [-0.2, 0) is 0 Å². The Labute approximate surface area is 119 Å². The lowest BCUT2D eigenvalue weighted by Crippen LogP contribution is -1.92. The van der Waals surface area contributed by atoms with Crippen molar-refractivity contribution >= 4 is 28.2 Å². The maximum atomic E-state index is 13.4. The van der Waals surface area contributed by atoms with Crippen LogP contribution in [0.15, 0.2) is 48.7 Å². The van der Waals surface area contributed by atoms with Crippen molar-refractivity contribution in [1.82, 2.24) is 4.98 Å². The third kappa shape index (κ3) is 2.26. The van der Waals surface area contributed by atoms with Crippen molar-refractivity contribution in [2.24, 2.45) is 0 Å². The fraction of sp³-hybridized carbons (Fsp3) is 0. The Bertz CT molecular complexity index is 792. The first-order valence-electron chi connectivity index (χ1n) is 5.91. The zero-order valence-electron chi connectivity index (χ0n) is 10.3. The molecule has 0 aliphatic heterocycles. The molecule has 0 saturated heterocycles. The molecule has 3 aromatic rings. The average Bonchev–Trinajstić information content (AvgIpc) is 2.46. The largest absolute Gasteiger partial charge is 0.455 e. The van der Waals surface area contributed by atoms with Gasteiger partial charge in [-0.15, -0.1) is 0 Å². The number of rotatable bonds is 2. The average molecular weight is 289 g/mol. The van der Waals surface area contributed by atoms with Crippen LogP contribution in [0.25, 0.3) is 10.9 Å². The van der Waals surface area contributed by atoms with Crippen molar-refractivity contribution in [1.29, 1.82) is 0 Å². The van der Waals surface area contributed by atoms with Gasteiger partial charge in [0, 0.05) is 23.3 Å². The first-order chi connectivity index (χ1) is 9.65. The van der Waals surface area contributed by atoms with Crippen LogP contribution in [0, 0.1) is 5.82 Å². The third-order valence-electron chi connectivity index (χ3n) is 2.89. The van der Waals surface area contributed by atoms with E-state index in [1.807, 2.05) is 6.07 Å². The molecule has 1 aromatic heterocycles. The van der Waals surface area contributed by atoms with Crippen molar-refractivity contribution in [3.05, 3.63) is 59.5 Å². The van der Waals surface area contributed by atoms with E-state index in [0.717, 1.165) is 5.39 Å². The number of benzene rings is 2. The van der Waals surface area contributed by atoms with Crippen molar-refractivity contribution in [3.8, 4) is 11.5 Å². The standard InChI is InChI=1S/C15H10ClFN2O/c16-11-4-3-9(8-12(11)17)20-14-6-5-13(18)10-2-1-7-19-15(10)14/h1-8H,18H2. The van der Waals surface area contributed by atoms with Gasteiger partial charge in [-0.1, -0.05) is 11.6 Å². The van der Waals surface area contributed by atoms with Crippen LogP contribution in [0.1, 0.15) is 0 Å². The molecule has 0 fully saturated rings. The topological polar surface area (TPSA) is 48.1 Å². The predicted molar refractivity (Wildman–Crippen MR) is 77.6 cm³/mol. The molecule has 0 aliphatic carbocycles. The van der Waals surface area contributed by atoms with Gasteiger partial charge in [0.15, 0.2) is 5.75 Å². The van der Waals surface area contributed by atoms with Gasteiger partial charge in [-0.05, 0) is 36.4 Å². The van der Waals surface area contributed by atoms with Crippen LogP contribution in [0.3, 0.4) is 0 Å².